The number of ether oxygens (including phenoxy) is 1. The molecule has 0 saturated carbocycles. The minimum atomic E-state index is -0.248. The fourth-order valence-corrected chi connectivity index (χ4v) is 5.57. The van der Waals surface area contributed by atoms with Gasteiger partial charge in [-0.3, -0.25) is 9.69 Å². The van der Waals surface area contributed by atoms with Gasteiger partial charge in [0, 0.05) is 15.1 Å². The van der Waals surface area contributed by atoms with Gasteiger partial charge in [0.05, 0.1) is 27.2 Å². The second-order valence-corrected chi connectivity index (χ2v) is 9.41. The maximum absolute atomic E-state index is 12.9. The Balaban J connectivity index is 2.03. The molecular formula is C17H9Br2Cl2NO2S2. The van der Waals surface area contributed by atoms with Crippen LogP contribution in [0, 0.1) is 0 Å². The van der Waals surface area contributed by atoms with E-state index in [9.17, 15) is 4.79 Å². The van der Waals surface area contributed by atoms with Crippen molar-refractivity contribution in [3.63, 3.8) is 0 Å². The van der Waals surface area contributed by atoms with E-state index in [-0.39, 0.29) is 5.91 Å². The smallest absolute Gasteiger partial charge is 0.270 e. The molecule has 1 aliphatic heterocycles. The van der Waals surface area contributed by atoms with E-state index in [0.717, 1.165) is 14.5 Å². The van der Waals surface area contributed by atoms with Crippen LogP contribution in [0.1, 0.15) is 5.56 Å². The highest BCUT2D eigenvalue weighted by atomic mass is 79.9. The molecule has 1 saturated heterocycles. The third-order valence-corrected chi connectivity index (χ3v) is 6.36. The first-order chi connectivity index (χ1) is 12.3. The van der Waals surface area contributed by atoms with Crippen molar-refractivity contribution in [2.75, 3.05) is 12.0 Å². The fraction of sp³-hybridized carbons (Fsp3) is 0.0588. The summed E-state index contributed by atoms with van der Waals surface area (Å²) in [7, 11) is 1.57. The van der Waals surface area contributed by atoms with Crippen molar-refractivity contribution in [1.29, 1.82) is 0 Å². The highest BCUT2D eigenvalue weighted by Crippen LogP contribution is 2.41. The average Bonchev–Trinajstić information content (AvgIpc) is 2.82. The molecule has 2 aromatic rings. The molecule has 0 aromatic heterocycles. The third-order valence-electron chi connectivity index (χ3n) is 3.47. The van der Waals surface area contributed by atoms with Crippen LogP contribution in [0.2, 0.25) is 10.0 Å². The van der Waals surface area contributed by atoms with Gasteiger partial charge < -0.3 is 4.74 Å². The molecule has 0 atom stereocenters. The Bertz CT molecular complexity index is 966. The highest BCUT2D eigenvalue weighted by molar-refractivity contribution is 9.11. The Kier molecular flexibility index (Phi) is 6.37. The van der Waals surface area contributed by atoms with Crippen LogP contribution < -0.4 is 9.64 Å². The first-order valence-corrected chi connectivity index (χ1v) is 10.6. The predicted molar refractivity (Wildman–Crippen MR) is 121 cm³/mol. The number of thiocarbonyl (C=S) groups is 1. The number of amides is 1. The normalized spacial score (nSPS) is 15.9. The van der Waals surface area contributed by atoms with Crippen molar-refractivity contribution in [3.8, 4) is 5.75 Å². The lowest BCUT2D eigenvalue weighted by Gasteiger charge is -2.16. The Hall–Kier alpha value is -0.570. The lowest BCUT2D eigenvalue weighted by Crippen LogP contribution is -2.27. The molecule has 9 heteroatoms. The Labute approximate surface area is 186 Å². The summed E-state index contributed by atoms with van der Waals surface area (Å²) < 4.78 is 7.46. The number of hydrogen-bond donors (Lipinski definition) is 0. The number of carbonyl (C=O) groups excluding carboxylic acids is 1. The molecule has 1 aliphatic rings. The zero-order valence-electron chi connectivity index (χ0n) is 13.1. The van der Waals surface area contributed by atoms with Crippen LogP contribution in [0.3, 0.4) is 0 Å². The predicted octanol–water partition coefficient (Wildman–Crippen LogP) is 6.93. The number of benzene rings is 2. The topological polar surface area (TPSA) is 29.5 Å². The molecule has 0 N–H and O–H groups in total. The number of rotatable bonds is 3. The van der Waals surface area contributed by atoms with Crippen LogP contribution in [0.5, 0.6) is 5.75 Å². The van der Waals surface area contributed by atoms with Crippen molar-refractivity contribution in [1.82, 2.24) is 0 Å². The first-order valence-electron chi connectivity index (χ1n) is 7.08. The zero-order chi connectivity index (χ0) is 19.0. The molecule has 0 aliphatic carbocycles. The maximum Gasteiger partial charge on any atom is 0.270 e. The van der Waals surface area contributed by atoms with Gasteiger partial charge in [0.15, 0.2) is 4.32 Å². The van der Waals surface area contributed by atoms with Gasteiger partial charge in [-0.2, -0.15) is 0 Å². The number of hydrogen-bond acceptors (Lipinski definition) is 4. The van der Waals surface area contributed by atoms with Crippen molar-refractivity contribution >= 4 is 101 Å². The maximum atomic E-state index is 12.9. The number of nitrogens with zero attached hydrogens (tertiary/aromatic N) is 1. The molecule has 2 aromatic carbocycles. The quantitative estimate of drug-likeness (QED) is 0.304. The SMILES string of the molecule is COc1c(Br)cc(Br)cc1/C=C1\SC(=S)N(c2ccc(Cl)cc2Cl)C1=O. The van der Waals surface area contributed by atoms with Crippen LogP contribution in [0.4, 0.5) is 5.69 Å². The van der Waals surface area contributed by atoms with E-state index in [1.807, 2.05) is 12.1 Å². The summed E-state index contributed by atoms with van der Waals surface area (Å²) in [6.45, 7) is 0. The van der Waals surface area contributed by atoms with Gasteiger partial charge in [-0.15, -0.1) is 0 Å². The molecule has 1 fully saturated rings. The Morgan fingerprint density at radius 3 is 2.62 bits per heavy atom. The third kappa shape index (κ3) is 3.98. The molecule has 0 bridgehead atoms. The molecule has 3 rings (SSSR count). The Morgan fingerprint density at radius 1 is 1.23 bits per heavy atom. The molecule has 3 nitrogen and oxygen atoms in total. The lowest BCUT2D eigenvalue weighted by molar-refractivity contribution is -0.113. The van der Waals surface area contributed by atoms with E-state index in [4.69, 9.17) is 40.2 Å². The monoisotopic (exact) mass is 551 g/mol. The molecule has 1 amide bonds. The summed E-state index contributed by atoms with van der Waals surface area (Å²) in [6, 6.07) is 8.66. The fourth-order valence-electron chi connectivity index (χ4n) is 2.38. The number of anilines is 1. The van der Waals surface area contributed by atoms with Crippen LogP contribution in [0.25, 0.3) is 6.08 Å². The molecule has 0 radical (unpaired) electrons. The van der Waals surface area contributed by atoms with Gasteiger partial charge in [0.1, 0.15) is 5.75 Å². The standard InChI is InChI=1S/C17H9Br2Cl2NO2S2/c1-24-15-8(4-9(18)6-11(15)19)5-14-16(23)22(17(25)26-14)13-3-2-10(20)7-12(13)21/h2-7H,1H3/b14-5-. The van der Waals surface area contributed by atoms with Crippen LogP contribution in [-0.2, 0) is 4.79 Å². The van der Waals surface area contributed by atoms with E-state index in [2.05, 4.69) is 31.9 Å². The molecule has 134 valence electrons. The van der Waals surface area contributed by atoms with Gasteiger partial charge >= 0.3 is 0 Å². The summed E-state index contributed by atoms with van der Waals surface area (Å²) in [5, 5.41) is 0.848. The number of carbonyl (C=O) groups is 1. The van der Waals surface area contributed by atoms with E-state index in [0.29, 0.717) is 30.7 Å². The van der Waals surface area contributed by atoms with Crippen molar-refractivity contribution in [2.24, 2.45) is 0 Å². The van der Waals surface area contributed by atoms with E-state index < -0.39 is 0 Å². The summed E-state index contributed by atoms with van der Waals surface area (Å²) in [4.78, 5) is 14.8. The molecule has 0 spiro atoms. The van der Waals surface area contributed by atoms with Gasteiger partial charge in [-0.05, 0) is 52.3 Å². The van der Waals surface area contributed by atoms with Gasteiger partial charge in [-0.25, -0.2) is 0 Å². The second-order valence-electron chi connectivity index (χ2n) is 5.12. The minimum Gasteiger partial charge on any atom is -0.495 e. The number of thioether (sulfide) groups is 1. The molecule has 26 heavy (non-hydrogen) atoms. The van der Waals surface area contributed by atoms with Gasteiger partial charge in [0.25, 0.3) is 5.91 Å². The van der Waals surface area contributed by atoms with Crippen LogP contribution >= 0.6 is 79.0 Å². The van der Waals surface area contributed by atoms with E-state index in [1.54, 1.807) is 31.4 Å². The van der Waals surface area contributed by atoms with E-state index in [1.165, 1.54) is 16.7 Å². The van der Waals surface area contributed by atoms with Crippen molar-refractivity contribution in [3.05, 3.63) is 59.8 Å². The molecule has 0 unspecified atom stereocenters. The van der Waals surface area contributed by atoms with Gasteiger partial charge in [-0.1, -0.05) is 63.1 Å². The molecule has 1 heterocycles. The first kappa shape index (κ1) is 20.2. The van der Waals surface area contributed by atoms with Gasteiger partial charge in [0.2, 0.25) is 0 Å². The zero-order valence-corrected chi connectivity index (χ0v) is 19.4. The van der Waals surface area contributed by atoms with Crippen molar-refractivity contribution in [2.45, 2.75) is 0 Å². The highest BCUT2D eigenvalue weighted by Gasteiger charge is 2.34. The van der Waals surface area contributed by atoms with Crippen LogP contribution in [-0.4, -0.2) is 17.3 Å². The second kappa shape index (κ2) is 8.20. The number of methoxy groups -OCH3 is 1. The summed E-state index contributed by atoms with van der Waals surface area (Å²) in [5.74, 6) is 0.380. The minimum absolute atomic E-state index is 0.248. The lowest BCUT2D eigenvalue weighted by atomic mass is 10.2. The Morgan fingerprint density at radius 2 is 1.96 bits per heavy atom. The number of halogens is 4. The average molecular weight is 554 g/mol. The summed E-state index contributed by atoms with van der Waals surface area (Å²) in [6.07, 6.45) is 1.75. The van der Waals surface area contributed by atoms with Crippen molar-refractivity contribution < 1.29 is 9.53 Å². The largest absolute Gasteiger partial charge is 0.495 e. The van der Waals surface area contributed by atoms with Crippen LogP contribution in [0.15, 0.2) is 44.2 Å². The summed E-state index contributed by atoms with van der Waals surface area (Å²) in [5.41, 5.74) is 1.25. The summed E-state index contributed by atoms with van der Waals surface area (Å²) >= 11 is 25.7. The molecular weight excluding hydrogens is 545 g/mol. The van der Waals surface area contributed by atoms with E-state index >= 15 is 0 Å².